The van der Waals surface area contributed by atoms with Crippen LogP contribution in [0.15, 0.2) is 17.2 Å². The van der Waals surface area contributed by atoms with Crippen molar-refractivity contribution >= 4 is 29.5 Å². The van der Waals surface area contributed by atoms with E-state index in [4.69, 9.17) is 9.72 Å². The molecule has 202 valence electrons. The van der Waals surface area contributed by atoms with Crippen molar-refractivity contribution in [2.45, 2.75) is 99.0 Å². The number of carbonyl (C=O) groups is 2. The Morgan fingerprint density at radius 2 is 1.89 bits per heavy atom. The molecule has 1 aromatic rings. The minimum absolute atomic E-state index is 0.00813. The number of pyridine rings is 1. The second-order valence-corrected chi connectivity index (χ2v) is 13.8. The first-order valence-electron chi connectivity index (χ1n) is 14.4. The number of piperidine rings is 1. The summed E-state index contributed by atoms with van der Waals surface area (Å²) in [6, 6.07) is 4.13. The third kappa shape index (κ3) is 5.38. The van der Waals surface area contributed by atoms with Crippen LogP contribution >= 0.6 is 11.8 Å². The topological polar surface area (TPSA) is 91.8 Å². The van der Waals surface area contributed by atoms with E-state index in [2.05, 4.69) is 10.2 Å². The lowest BCUT2D eigenvalue weighted by atomic mass is 9.52. The highest BCUT2D eigenvalue weighted by Gasteiger charge is 2.55. The van der Waals surface area contributed by atoms with Crippen molar-refractivity contribution in [2.75, 3.05) is 25.1 Å². The van der Waals surface area contributed by atoms with Crippen molar-refractivity contribution in [1.82, 2.24) is 10.3 Å². The van der Waals surface area contributed by atoms with Gasteiger partial charge < -0.3 is 20.1 Å². The van der Waals surface area contributed by atoms with E-state index in [0.29, 0.717) is 35.0 Å². The second-order valence-electron chi connectivity index (χ2n) is 12.5. The van der Waals surface area contributed by atoms with Crippen molar-refractivity contribution in [3.8, 4) is 0 Å². The molecule has 5 aliphatic carbocycles. The molecule has 6 aliphatic rings. The summed E-state index contributed by atoms with van der Waals surface area (Å²) in [5.41, 5.74) is 0.196. The van der Waals surface area contributed by atoms with Gasteiger partial charge >= 0.3 is 5.97 Å². The van der Waals surface area contributed by atoms with Crippen LogP contribution in [0, 0.1) is 23.7 Å². The van der Waals surface area contributed by atoms with Crippen molar-refractivity contribution in [1.29, 1.82) is 0 Å². The van der Waals surface area contributed by atoms with E-state index >= 15 is 0 Å². The normalized spacial score (nSPS) is 35.1. The van der Waals surface area contributed by atoms with Gasteiger partial charge in [0.2, 0.25) is 0 Å². The lowest BCUT2D eigenvalue weighted by Gasteiger charge is -2.58. The van der Waals surface area contributed by atoms with Crippen LogP contribution in [0.25, 0.3) is 0 Å². The molecule has 4 bridgehead atoms. The summed E-state index contributed by atoms with van der Waals surface area (Å²) >= 11 is 1.78. The number of hydrogen-bond acceptors (Lipinski definition) is 7. The second kappa shape index (κ2) is 10.4. The predicted molar refractivity (Wildman–Crippen MR) is 144 cm³/mol. The number of methoxy groups -OCH3 is 1. The summed E-state index contributed by atoms with van der Waals surface area (Å²) in [6.07, 6.45) is 12.2. The number of ether oxygens (including phenoxy) is 1. The molecule has 37 heavy (non-hydrogen) atoms. The highest BCUT2D eigenvalue weighted by atomic mass is 32.2. The Labute approximate surface area is 224 Å². The quantitative estimate of drug-likeness (QED) is 0.502. The fourth-order valence-electron chi connectivity index (χ4n) is 8.24. The van der Waals surface area contributed by atoms with Gasteiger partial charge in [0.25, 0.3) is 5.91 Å². The Kier molecular flexibility index (Phi) is 7.16. The van der Waals surface area contributed by atoms with Gasteiger partial charge in [-0.05, 0) is 93.6 Å². The fraction of sp³-hybridized carbons (Fsp3) is 0.759. The van der Waals surface area contributed by atoms with Crippen LogP contribution in [0.3, 0.4) is 0 Å². The van der Waals surface area contributed by atoms with Crippen LogP contribution in [-0.2, 0) is 9.53 Å². The fourth-order valence-corrected chi connectivity index (χ4v) is 9.56. The minimum atomic E-state index is -0.495. The van der Waals surface area contributed by atoms with Crippen LogP contribution < -0.4 is 10.2 Å². The number of anilines is 1. The van der Waals surface area contributed by atoms with E-state index in [1.165, 1.54) is 32.8 Å². The summed E-state index contributed by atoms with van der Waals surface area (Å²) in [4.78, 5) is 32.9. The standard InChI is InChI=1S/C29H41N3O4S/c1-36-25(33)13-18-5-4-10-32(17-18)24-9-8-23(28(30-24)37-22-6-2-3-7-22)27(34)31-26-20-11-19-12-21(26)16-29(35,14-19)15-20/h8-9,18-22,26,35H,2-7,10-17H2,1H3,(H,31,34)/t18-,19?,20?,21?,26?,29?/m0/s1. The van der Waals surface area contributed by atoms with Gasteiger partial charge in [0.1, 0.15) is 10.8 Å². The molecular formula is C29H41N3O4S. The third-order valence-electron chi connectivity index (χ3n) is 9.74. The van der Waals surface area contributed by atoms with Crippen LogP contribution in [0.5, 0.6) is 0 Å². The van der Waals surface area contributed by atoms with Gasteiger partial charge in [0, 0.05) is 30.8 Å². The molecule has 2 N–H and O–H groups in total. The molecule has 7 nitrogen and oxygen atoms in total. The smallest absolute Gasteiger partial charge is 0.305 e. The first-order valence-corrected chi connectivity index (χ1v) is 15.3. The first kappa shape index (κ1) is 25.5. The van der Waals surface area contributed by atoms with Crippen molar-refractivity contribution in [3.05, 3.63) is 17.7 Å². The van der Waals surface area contributed by atoms with Crippen LogP contribution in [0.4, 0.5) is 5.82 Å². The largest absolute Gasteiger partial charge is 0.469 e. The molecule has 7 rings (SSSR count). The average molecular weight is 528 g/mol. The number of hydrogen-bond donors (Lipinski definition) is 2. The predicted octanol–water partition coefficient (Wildman–Crippen LogP) is 4.57. The number of esters is 1. The van der Waals surface area contributed by atoms with Gasteiger partial charge in [-0.25, -0.2) is 4.98 Å². The molecule has 0 aromatic carbocycles. The number of thioether (sulfide) groups is 1. The number of rotatable bonds is 7. The lowest BCUT2D eigenvalue weighted by Crippen LogP contribution is -2.61. The number of aromatic nitrogens is 1. The summed E-state index contributed by atoms with van der Waals surface area (Å²) in [7, 11) is 1.45. The molecule has 1 aromatic heterocycles. The number of nitrogens with zero attached hydrogens (tertiary/aromatic N) is 2. The zero-order valence-electron chi connectivity index (χ0n) is 22.0. The monoisotopic (exact) mass is 527 g/mol. The van der Waals surface area contributed by atoms with Crippen molar-refractivity contribution < 1.29 is 19.4 Å². The average Bonchev–Trinajstić information content (AvgIpc) is 3.38. The molecular weight excluding hydrogens is 486 g/mol. The number of amides is 1. The number of nitrogens with one attached hydrogen (secondary N) is 1. The SMILES string of the molecule is COC(=O)C[C@@H]1CCCN(c2ccc(C(=O)NC3C4CC5CC3CC(O)(C5)C4)c(SC3CCCC3)n2)C1. The molecule has 1 amide bonds. The molecule has 0 radical (unpaired) electrons. The van der Waals surface area contributed by atoms with E-state index in [1.54, 1.807) is 11.8 Å². The molecule has 0 spiro atoms. The maximum absolute atomic E-state index is 13.7. The summed E-state index contributed by atoms with van der Waals surface area (Å²) in [5.74, 6) is 2.41. The van der Waals surface area contributed by atoms with Gasteiger partial charge in [-0.1, -0.05) is 12.8 Å². The molecule has 1 aliphatic heterocycles. The van der Waals surface area contributed by atoms with Gasteiger partial charge in [-0.15, -0.1) is 11.8 Å². The zero-order valence-corrected chi connectivity index (χ0v) is 22.8. The number of aliphatic hydroxyl groups is 1. The van der Waals surface area contributed by atoms with Crippen molar-refractivity contribution in [2.24, 2.45) is 23.7 Å². The van der Waals surface area contributed by atoms with E-state index in [1.807, 2.05) is 12.1 Å². The van der Waals surface area contributed by atoms with Crippen LogP contribution in [0.1, 0.15) is 87.4 Å². The first-order chi connectivity index (χ1) is 17.9. The molecule has 8 heteroatoms. The Morgan fingerprint density at radius 3 is 2.59 bits per heavy atom. The van der Waals surface area contributed by atoms with E-state index in [-0.39, 0.29) is 23.8 Å². The Bertz CT molecular complexity index is 1010. The highest BCUT2D eigenvalue weighted by Crippen LogP contribution is 2.55. The highest BCUT2D eigenvalue weighted by molar-refractivity contribution is 7.99. The van der Waals surface area contributed by atoms with Gasteiger partial charge in [-0.3, -0.25) is 9.59 Å². The summed E-state index contributed by atoms with van der Waals surface area (Å²) < 4.78 is 4.90. The molecule has 5 saturated carbocycles. The van der Waals surface area contributed by atoms with E-state index < -0.39 is 5.60 Å². The molecule has 2 heterocycles. The van der Waals surface area contributed by atoms with E-state index in [0.717, 1.165) is 68.9 Å². The maximum Gasteiger partial charge on any atom is 0.305 e. The van der Waals surface area contributed by atoms with E-state index in [9.17, 15) is 14.7 Å². The lowest BCUT2D eigenvalue weighted by molar-refractivity contribution is -0.141. The summed E-state index contributed by atoms with van der Waals surface area (Å²) in [6.45, 7) is 1.70. The van der Waals surface area contributed by atoms with Crippen molar-refractivity contribution in [3.63, 3.8) is 0 Å². The van der Waals surface area contributed by atoms with Gasteiger partial charge in [0.05, 0.1) is 18.3 Å². The molecule has 1 saturated heterocycles. The Morgan fingerprint density at radius 1 is 1.14 bits per heavy atom. The molecule has 2 unspecified atom stereocenters. The van der Waals surface area contributed by atoms with Gasteiger partial charge in [-0.2, -0.15) is 0 Å². The minimum Gasteiger partial charge on any atom is -0.469 e. The van der Waals surface area contributed by atoms with Gasteiger partial charge in [0.15, 0.2) is 0 Å². The Hall–Kier alpha value is -1.80. The third-order valence-corrected chi connectivity index (χ3v) is 11.1. The van der Waals surface area contributed by atoms with Crippen LogP contribution in [-0.4, -0.2) is 59.1 Å². The maximum atomic E-state index is 13.7. The van der Waals surface area contributed by atoms with Crippen LogP contribution in [0.2, 0.25) is 0 Å². The Balaban J connectivity index is 1.20. The number of carbonyl (C=O) groups excluding carboxylic acids is 2. The molecule has 6 fully saturated rings. The zero-order chi connectivity index (χ0) is 25.6. The molecule has 3 atom stereocenters. The summed E-state index contributed by atoms with van der Waals surface area (Å²) in [5, 5.41) is 15.7.